The van der Waals surface area contributed by atoms with Crippen LogP contribution in [0.1, 0.15) is 34.3 Å². The fourth-order valence-corrected chi connectivity index (χ4v) is 3.83. The minimum atomic E-state index is -1.34. The maximum absolute atomic E-state index is 13.1. The van der Waals surface area contributed by atoms with Crippen LogP contribution < -0.4 is 16.4 Å². The lowest BCUT2D eigenvalue weighted by Crippen LogP contribution is -2.57. The van der Waals surface area contributed by atoms with Gasteiger partial charge in [-0.05, 0) is 11.1 Å². The molecule has 178 valence electrons. The van der Waals surface area contributed by atoms with Crippen molar-refractivity contribution in [3.05, 3.63) is 71.3 Å². The van der Waals surface area contributed by atoms with Crippen LogP contribution >= 0.6 is 0 Å². The molecule has 1 heterocycles. The molecule has 0 saturated heterocycles. The summed E-state index contributed by atoms with van der Waals surface area (Å²) in [4.78, 5) is 51.6. The van der Waals surface area contributed by atoms with Gasteiger partial charge < -0.3 is 26.4 Å². The number of carbonyl (C=O) groups excluding carboxylic acids is 3. The van der Waals surface area contributed by atoms with E-state index in [2.05, 4.69) is 10.6 Å². The van der Waals surface area contributed by atoms with Gasteiger partial charge in [-0.25, -0.2) is 4.79 Å². The maximum Gasteiger partial charge on any atom is 0.328 e. The average Bonchev–Trinajstić information content (AvgIpc) is 2.84. The number of Topliss-reactive ketones (excluding diaryl/α,β-unsaturated/α-hetero) is 1. The predicted octanol–water partition coefficient (Wildman–Crippen LogP) is 0.655. The Hall–Kier alpha value is -4.21. The fraction of sp³-hybridized carbons (Fsp3) is 0.292. The topological polar surface area (TPSA) is 166 Å². The second kappa shape index (κ2) is 11.1. The lowest BCUT2D eigenvalue weighted by molar-refractivity contribution is -0.145. The summed E-state index contributed by atoms with van der Waals surface area (Å²) in [5, 5.41) is 21.5. The van der Waals surface area contributed by atoms with Gasteiger partial charge in [0.2, 0.25) is 11.8 Å². The minimum absolute atomic E-state index is 0.00435. The van der Waals surface area contributed by atoms with Gasteiger partial charge in [0.25, 0.3) is 0 Å². The van der Waals surface area contributed by atoms with E-state index in [1.165, 1.54) is 4.90 Å². The summed E-state index contributed by atoms with van der Waals surface area (Å²) < 4.78 is 0. The zero-order chi connectivity index (χ0) is 24.7. The van der Waals surface area contributed by atoms with Crippen LogP contribution in [0.5, 0.6) is 0 Å². The molecule has 0 aliphatic carbocycles. The number of fused-ring (bicyclic) bond motifs is 1. The van der Waals surface area contributed by atoms with Crippen molar-refractivity contribution in [3.8, 4) is 0 Å². The smallest absolute Gasteiger partial charge is 0.328 e. The Morgan fingerprint density at radius 2 is 1.68 bits per heavy atom. The monoisotopic (exact) mass is 465 g/mol. The molecule has 6 N–H and O–H groups in total. The number of guanidine groups is 1. The van der Waals surface area contributed by atoms with Crippen LogP contribution in [-0.2, 0) is 27.3 Å². The van der Waals surface area contributed by atoms with Crippen molar-refractivity contribution in [1.29, 1.82) is 5.41 Å². The number of nitrogens with zero attached hydrogens (tertiary/aromatic N) is 1. The van der Waals surface area contributed by atoms with E-state index >= 15 is 0 Å². The molecular weight excluding hydrogens is 438 g/mol. The van der Waals surface area contributed by atoms with Crippen LogP contribution in [-0.4, -0.2) is 58.2 Å². The zero-order valence-electron chi connectivity index (χ0n) is 18.5. The first-order valence-electron chi connectivity index (χ1n) is 10.8. The SMILES string of the molecule is N=C(N)NC[C@H](NC(=O)C1Cc2ccccc2CN1C(=O)CCC(=O)c1ccccc1)C(=O)O. The van der Waals surface area contributed by atoms with Crippen LogP contribution in [0, 0.1) is 5.41 Å². The number of rotatable bonds is 9. The number of ketones is 1. The summed E-state index contributed by atoms with van der Waals surface area (Å²) in [6.07, 6.45) is 0.135. The number of hydrogen-bond acceptors (Lipinski definition) is 5. The summed E-state index contributed by atoms with van der Waals surface area (Å²) in [5.41, 5.74) is 7.51. The van der Waals surface area contributed by atoms with Crippen LogP contribution in [0.15, 0.2) is 54.6 Å². The molecule has 34 heavy (non-hydrogen) atoms. The van der Waals surface area contributed by atoms with Crippen molar-refractivity contribution >= 4 is 29.5 Å². The minimum Gasteiger partial charge on any atom is -0.480 e. The van der Waals surface area contributed by atoms with Gasteiger partial charge in [0.05, 0.1) is 0 Å². The molecule has 2 aromatic carbocycles. The van der Waals surface area contributed by atoms with Gasteiger partial charge >= 0.3 is 5.97 Å². The third kappa shape index (κ3) is 6.18. The second-order valence-corrected chi connectivity index (χ2v) is 7.99. The highest BCUT2D eigenvalue weighted by Crippen LogP contribution is 2.25. The summed E-state index contributed by atoms with van der Waals surface area (Å²) in [7, 11) is 0. The van der Waals surface area contributed by atoms with E-state index in [4.69, 9.17) is 11.1 Å². The molecule has 0 bridgehead atoms. The Bertz CT molecular complexity index is 1090. The third-order valence-corrected chi connectivity index (χ3v) is 5.64. The van der Waals surface area contributed by atoms with Crippen LogP contribution in [0.2, 0.25) is 0 Å². The molecule has 1 aliphatic rings. The lowest BCUT2D eigenvalue weighted by Gasteiger charge is -2.36. The Morgan fingerprint density at radius 1 is 1.03 bits per heavy atom. The number of carboxylic acids is 1. The largest absolute Gasteiger partial charge is 0.480 e. The van der Waals surface area contributed by atoms with Crippen molar-refractivity contribution < 1.29 is 24.3 Å². The highest BCUT2D eigenvalue weighted by Gasteiger charge is 2.36. The summed E-state index contributed by atoms with van der Waals surface area (Å²) in [6, 6.07) is 13.8. The fourth-order valence-electron chi connectivity index (χ4n) is 3.83. The molecule has 2 amide bonds. The Morgan fingerprint density at radius 3 is 2.32 bits per heavy atom. The summed E-state index contributed by atoms with van der Waals surface area (Å²) in [5.74, 6) is -2.90. The van der Waals surface area contributed by atoms with Crippen LogP contribution in [0.3, 0.4) is 0 Å². The number of amides is 2. The molecule has 1 unspecified atom stereocenters. The number of carbonyl (C=O) groups is 4. The summed E-state index contributed by atoms with van der Waals surface area (Å²) in [6.45, 7) is -0.102. The van der Waals surface area contributed by atoms with E-state index < -0.39 is 29.9 Å². The first kappa shape index (κ1) is 24.4. The molecule has 0 saturated carbocycles. The van der Waals surface area contributed by atoms with Gasteiger partial charge in [-0.15, -0.1) is 0 Å². The quantitative estimate of drug-likeness (QED) is 0.206. The van der Waals surface area contributed by atoms with Gasteiger partial charge in [-0.2, -0.15) is 0 Å². The molecule has 2 atom stereocenters. The van der Waals surface area contributed by atoms with Gasteiger partial charge in [0.1, 0.15) is 12.1 Å². The van der Waals surface area contributed by atoms with Crippen molar-refractivity contribution in [3.63, 3.8) is 0 Å². The molecule has 3 rings (SSSR count). The van der Waals surface area contributed by atoms with E-state index in [1.54, 1.807) is 30.3 Å². The number of nitrogens with one attached hydrogen (secondary N) is 3. The van der Waals surface area contributed by atoms with Gasteiger partial charge in [0, 0.05) is 37.9 Å². The van der Waals surface area contributed by atoms with E-state index in [9.17, 15) is 24.3 Å². The standard InChI is InChI=1S/C24H27N5O5/c25-24(26)27-13-18(23(33)34)28-22(32)19-12-16-8-4-5-9-17(16)14-29(19)21(31)11-10-20(30)15-6-2-1-3-7-15/h1-9,18-19H,10-14H2,(H,28,32)(H,33,34)(H4,25,26,27)/t18-,19?/m0/s1. The number of benzene rings is 2. The van der Waals surface area contributed by atoms with Gasteiger partial charge in [0.15, 0.2) is 11.7 Å². The molecule has 2 aromatic rings. The van der Waals surface area contributed by atoms with E-state index in [1.807, 2.05) is 24.3 Å². The molecule has 0 spiro atoms. The Balaban J connectivity index is 1.75. The Labute approximate surface area is 196 Å². The van der Waals surface area contributed by atoms with Crippen molar-refractivity contribution in [2.24, 2.45) is 5.73 Å². The predicted molar refractivity (Wildman–Crippen MR) is 124 cm³/mol. The van der Waals surface area contributed by atoms with Crippen LogP contribution in [0.25, 0.3) is 0 Å². The van der Waals surface area contributed by atoms with Gasteiger partial charge in [-0.3, -0.25) is 19.8 Å². The molecule has 0 radical (unpaired) electrons. The highest BCUT2D eigenvalue weighted by molar-refractivity contribution is 5.98. The second-order valence-electron chi connectivity index (χ2n) is 7.99. The van der Waals surface area contributed by atoms with E-state index in [0.717, 1.165) is 11.1 Å². The molecule has 1 aliphatic heterocycles. The van der Waals surface area contributed by atoms with Crippen molar-refractivity contribution in [1.82, 2.24) is 15.5 Å². The number of nitrogens with two attached hydrogens (primary N) is 1. The lowest BCUT2D eigenvalue weighted by atomic mass is 9.92. The molecular formula is C24H27N5O5. The van der Waals surface area contributed by atoms with Gasteiger partial charge in [-0.1, -0.05) is 54.6 Å². The maximum atomic E-state index is 13.1. The average molecular weight is 466 g/mol. The first-order valence-corrected chi connectivity index (χ1v) is 10.8. The molecule has 0 aromatic heterocycles. The molecule has 0 fully saturated rings. The zero-order valence-corrected chi connectivity index (χ0v) is 18.5. The Kier molecular flexibility index (Phi) is 7.96. The first-order chi connectivity index (χ1) is 16.3. The number of aliphatic carboxylic acids is 1. The number of carboxylic acid groups (broad SMARTS) is 1. The van der Waals surface area contributed by atoms with Crippen molar-refractivity contribution in [2.75, 3.05) is 6.54 Å². The summed E-state index contributed by atoms with van der Waals surface area (Å²) >= 11 is 0. The molecule has 10 nitrogen and oxygen atoms in total. The van der Waals surface area contributed by atoms with Crippen LogP contribution in [0.4, 0.5) is 0 Å². The van der Waals surface area contributed by atoms with E-state index in [-0.39, 0.29) is 44.0 Å². The third-order valence-electron chi connectivity index (χ3n) is 5.64. The number of hydrogen-bond donors (Lipinski definition) is 5. The highest BCUT2D eigenvalue weighted by atomic mass is 16.4. The normalized spacial score (nSPS) is 15.5. The van der Waals surface area contributed by atoms with Crippen molar-refractivity contribution in [2.45, 2.75) is 37.9 Å². The molecule has 10 heteroatoms. The van der Waals surface area contributed by atoms with E-state index in [0.29, 0.717) is 5.56 Å².